The predicted octanol–water partition coefficient (Wildman–Crippen LogP) is 6.00. The number of carbonyl (C=O) groups is 2. The minimum Gasteiger partial charge on any atom is -0.481 e. The van der Waals surface area contributed by atoms with Crippen molar-refractivity contribution in [3.63, 3.8) is 0 Å². The highest BCUT2D eigenvalue weighted by molar-refractivity contribution is 6.30. The van der Waals surface area contributed by atoms with Gasteiger partial charge in [-0.15, -0.1) is 6.58 Å². The molecule has 0 spiro atoms. The van der Waals surface area contributed by atoms with E-state index in [1.165, 1.54) is 18.2 Å². The highest BCUT2D eigenvalue weighted by atomic mass is 35.5. The summed E-state index contributed by atoms with van der Waals surface area (Å²) in [4.78, 5) is 24.4. The van der Waals surface area contributed by atoms with Crippen molar-refractivity contribution >= 4 is 23.7 Å². The third-order valence-electron chi connectivity index (χ3n) is 5.62. The number of nitrogens with one attached hydrogen (secondary N) is 1. The van der Waals surface area contributed by atoms with Crippen LogP contribution in [0.5, 0.6) is 0 Å². The lowest BCUT2D eigenvalue weighted by atomic mass is 9.78. The molecule has 1 amide bonds. The van der Waals surface area contributed by atoms with Gasteiger partial charge in [-0.3, -0.25) is 4.79 Å². The summed E-state index contributed by atoms with van der Waals surface area (Å²) in [7, 11) is 0. The standard InChI is InChI=1S/C27H33ClFNO5/c1-5-14-27(17-31,24(32)33)16-21(30-25(34)35-26(2,3)4)12-8-18-6-9-19(10-7-18)22-15-20(28)11-13-23(22)29/h5-7,9-11,13,15,21,31H,1,8,12,14,16-17H2,2-4H3,(H,30,34)(H,32,33)/t21-,27?/m1/s1. The Morgan fingerprint density at radius 3 is 2.40 bits per heavy atom. The van der Waals surface area contributed by atoms with Crippen LogP contribution in [0, 0.1) is 11.2 Å². The van der Waals surface area contributed by atoms with Gasteiger partial charge in [-0.25, -0.2) is 9.18 Å². The topological polar surface area (TPSA) is 95.9 Å². The Balaban J connectivity index is 2.20. The summed E-state index contributed by atoms with van der Waals surface area (Å²) >= 11 is 6.00. The second kappa shape index (κ2) is 12.2. The number of carboxylic acid groups (broad SMARTS) is 1. The molecular formula is C27H33ClFNO5. The number of halogens is 2. The van der Waals surface area contributed by atoms with E-state index in [-0.39, 0.29) is 18.7 Å². The number of carbonyl (C=O) groups excluding carboxylic acids is 1. The molecule has 2 atom stereocenters. The molecule has 0 fully saturated rings. The number of rotatable bonds is 11. The fraction of sp³-hybridized carbons (Fsp3) is 0.407. The van der Waals surface area contributed by atoms with E-state index in [4.69, 9.17) is 16.3 Å². The number of amides is 1. The average Bonchev–Trinajstić information content (AvgIpc) is 2.77. The van der Waals surface area contributed by atoms with Crippen LogP contribution in [0.4, 0.5) is 9.18 Å². The van der Waals surface area contributed by atoms with E-state index >= 15 is 0 Å². The number of ether oxygens (including phenoxy) is 1. The van der Waals surface area contributed by atoms with Gasteiger partial charge in [0.25, 0.3) is 0 Å². The van der Waals surface area contributed by atoms with Crippen LogP contribution in [-0.4, -0.2) is 40.5 Å². The quantitative estimate of drug-likeness (QED) is 0.325. The van der Waals surface area contributed by atoms with Gasteiger partial charge < -0.3 is 20.3 Å². The second-order valence-electron chi connectivity index (χ2n) is 9.64. The molecular weight excluding hydrogens is 473 g/mol. The smallest absolute Gasteiger partial charge is 0.407 e. The number of alkyl carbamates (subject to hydrolysis) is 1. The average molecular weight is 506 g/mol. The molecule has 0 aliphatic heterocycles. The summed E-state index contributed by atoms with van der Waals surface area (Å²) in [5, 5.41) is 22.9. The lowest BCUT2D eigenvalue weighted by Crippen LogP contribution is -2.45. The summed E-state index contributed by atoms with van der Waals surface area (Å²) in [6.07, 6.45) is 1.73. The first-order chi connectivity index (χ1) is 16.4. The molecule has 2 rings (SSSR count). The zero-order valence-corrected chi connectivity index (χ0v) is 21.1. The molecule has 2 aromatic rings. The first kappa shape index (κ1) is 28.3. The maximum Gasteiger partial charge on any atom is 0.407 e. The maximum atomic E-state index is 14.2. The van der Waals surface area contributed by atoms with Gasteiger partial charge in [0.1, 0.15) is 11.4 Å². The minimum absolute atomic E-state index is 0.00406. The SMILES string of the molecule is C=CCC(CO)(C[C@@H](CCc1ccc(-c2cc(Cl)ccc2F)cc1)NC(=O)OC(C)(C)C)C(=O)O. The summed E-state index contributed by atoms with van der Waals surface area (Å²) in [6.45, 7) is 8.22. The van der Waals surface area contributed by atoms with Gasteiger partial charge in [0.2, 0.25) is 0 Å². The summed E-state index contributed by atoms with van der Waals surface area (Å²) < 4.78 is 19.5. The number of aryl methyl sites for hydroxylation is 1. The predicted molar refractivity (Wildman–Crippen MR) is 135 cm³/mol. The van der Waals surface area contributed by atoms with Gasteiger partial charge in [0.05, 0.1) is 12.0 Å². The van der Waals surface area contributed by atoms with E-state index in [0.29, 0.717) is 29.0 Å². The monoisotopic (exact) mass is 505 g/mol. The molecule has 0 saturated carbocycles. The third kappa shape index (κ3) is 8.37. The van der Waals surface area contributed by atoms with Gasteiger partial charge in [-0.05, 0) is 75.8 Å². The second-order valence-corrected chi connectivity index (χ2v) is 10.1. The Labute approximate surface area is 210 Å². The van der Waals surface area contributed by atoms with Crippen LogP contribution in [-0.2, 0) is 16.0 Å². The van der Waals surface area contributed by atoms with Crippen molar-refractivity contribution in [1.82, 2.24) is 5.32 Å². The molecule has 1 unspecified atom stereocenters. The Morgan fingerprint density at radius 1 is 1.20 bits per heavy atom. The van der Waals surface area contributed by atoms with Crippen molar-refractivity contribution in [2.24, 2.45) is 5.41 Å². The number of carboxylic acids is 1. The van der Waals surface area contributed by atoms with Crippen LogP contribution in [0.25, 0.3) is 11.1 Å². The summed E-state index contributed by atoms with van der Waals surface area (Å²) in [6, 6.07) is 11.0. The van der Waals surface area contributed by atoms with Gasteiger partial charge in [-0.1, -0.05) is 41.9 Å². The van der Waals surface area contributed by atoms with Gasteiger partial charge in [0, 0.05) is 16.6 Å². The third-order valence-corrected chi connectivity index (χ3v) is 5.86. The number of aliphatic hydroxyl groups is 1. The van der Waals surface area contributed by atoms with Crippen LogP contribution < -0.4 is 5.32 Å². The first-order valence-corrected chi connectivity index (χ1v) is 11.8. The number of hydrogen-bond acceptors (Lipinski definition) is 4. The van der Waals surface area contributed by atoms with E-state index in [9.17, 15) is 24.2 Å². The van der Waals surface area contributed by atoms with Crippen LogP contribution in [0.1, 0.15) is 45.6 Å². The highest BCUT2D eigenvalue weighted by Crippen LogP contribution is 2.31. The van der Waals surface area contributed by atoms with E-state index < -0.39 is 35.7 Å². The molecule has 0 aliphatic rings. The molecule has 0 radical (unpaired) electrons. The van der Waals surface area contributed by atoms with Crippen LogP contribution >= 0.6 is 11.6 Å². The number of benzene rings is 2. The Bertz CT molecular complexity index is 1030. The molecule has 8 heteroatoms. The fourth-order valence-corrected chi connectivity index (χ4v) is 3.98. The summed E-state index contributed by atoms with van der Waals surface area (Å²) in [5.74, 6) is -1.54. The largest absolute Gasteiger partial charge is 0.481 e. The van der Waals surface area contributed by atoms with Gasteiger partial charge in [-0.2, -0.15) is 0 Å². The molecule has 0 saturated heterocycles. The van der Waals surface area contributed by atoms with E-state index in [1.54, 1.807) is 39.0 Å². The summed E-state index contributed by atoms with van der Waals surface area (Å²) in [5.41, 5.74) is -0.210. The van der Waals surface area contributed by atoms with Gasteiger partial charge >= 0.3 is 12.1 Å². The first-order valence-electron chi connectivity index (χ1n) is 11.4. The van der Waals surface area contributed by atoms with Crippen LogP contribution in [0.15, 0.2) is 55.1 Å². The fourth-order valence-electron chi connectivity index (χ4n) is 3.81. The number of allylic oxidation sites excluding steroid dienone is 1. The maximum absolute atomic E-state index is 14.2. The molecule has 0 bridgehead atoms. The lowest BCUT2D eigenvalue weighted by Gasteiger charge is -2.31. The number of aliphatic hydroxyl groups excluding tert-OH is 1. The molecule has 3 N–H and O–H groups in total. The Kier molecular flexibility index (Phi) is 9.86. The molecule has 0 aliphatic carbocycles. The van der Waals surface area contributed by atoms with Crippen molar-refractivity contribution in [3.05, 3.63) is 71.5 Å². The van der Waals surface area contributed by atoms with Crippen molar-refractivity contribution in [2.75, 3.05) is 6.61 Å². The van der Waals surface area contributed by atoms with Crippen LogP contribution in [0.3, 0.4) is 0 Å². The molecule has 35 heavy (non-hydrogen) atoms. The molecule has 2 aromatic carbocycles. The highest BCUT2D eigenvalue weighted by Gasteiger charge is 2.39. The zero-order chi connectivity index (χ0) is 26.2. The normalized spacial score (nSPS) is 14.0. The van der Waals surface area contributed by atoms with Gasteiger partial charge in [0.15, 0.2) is 0 Å². The number of aliphatic carboxylic acids is 1. The van der Waals surface area contributed by atoms with Crippen molar-refractivity contribution < 1.29 is 28.9 Å². The van der Waals surface area contributed by atoms with E-state index in [2.05, 4.69) is 11.9 Å². The van der Waals surface area contributed by atoms with E-state index in [0.717, 1.165) is 5.56 Å². The zero-order valence-electron chi connectivity index (χ0n) is 20.3. The van der Waals surface area contributed by atoms with Crippen LogP contribution in [0.2, 0.25) is 5.02 Å². The lowest BCUT2D eigenvalue weighted by molar-refractivity contribution is -0.152. The number of hydrogen-bond donors (Lipinski definition) is 3. The van der Waals surface area contributed by atoms with E-state index in [1.807, 2.05) is 12.1 Å². The molecule has 6 nitrogen and oxygen atoms in total. The minimum atomic E-state index is -1.48. The molecule has 0 heterocycles. The molecule has 190 valence electrons. The van der Waals surface area contributed by atoms with Crippen molar-refractivity contribution in [2.45, 2.75) is 58.1 Å². The Hall–Kier alpha value is -2.90. The van der Waals surface area contributed by atoms with Crippen molar-refractivity contribution in [3.8, 4) is 11.1 Å². The molecule has 0 aromatic heterocycles. The van der Waals surface area contributed by atoms with Crippen molar-refractivity contribution in [1.29, 1.82) is 0 Å². The Morgan fingerprint density at radius 2 is 1.86 bits per heavy atom.